The van der Waals surface area contributed by atoms with E-state index in [2.05, 4.69) is 43.2 Å². The molecule has 4 aromatic carbocycles. The van der Waals surface area contributed by atoms with Crippen molar-refractivity contribution in [2.24, 2.45) is 0 Å². The van der Waals surface area contributed by atoms with E-state index in [9.17, 15) is 9.59 Å². The van der Waals surface area contributed by atoms with Crippen LogP contribution in [-0.4, -0.2) is 24.0 Å². The van der Waals surface area contributed by atoms with E-state index in [0.717, 1.165) is 22.1 Å². The molecule has 0 aliphatic rings. The molecule has 7 heteroatoms. The number of ether oxygens (including phenoxy) is 3. The van der Waals surface area contributed by atoms with Crippen LogP contribution in [0.25, 0.3) is 10.8 Å². The van der Waals surface area contributed by atoms with Crippen molar-refractivity contribution >= 4 is 22.6 Å². The van der Waals surface area contributed by atoms with Crippen LogP contribution >= 0.6 is 0 Å². The van der Waals surface area contributed by atoms with Crippen molar-refractivity contribution in [1.82, 2.24) is 10.3 Å². The molecule has 1 heterocycles. The first-order chi connectivity index (χ1) is 20.7. The third kappa shape index (κ3) is 7.57. The van der Waals surface area contributed by atoms with Gasteiger partial charge in [-0.25, -0.2) is 0 Å². The maximum absolute atomic E-state index is 13.3. The van der Waals surface area contributed by atoms with Gasteiger partial charge < -0.3 is 19.5 Å². The van der Waals surface area contributed by atoms with Gasteiger partial charge in [0, 0.05) is 11.6 Å². The molecule has 1 unspecified atom stereocenters. The summed E-state index contributed by atoms with van der Waals surface area (Å²) in [6.07, 6.45) is 1.61. The molecule has 0 radical (unpaired) electrons. The fourth-order valence-electron chi connectivity index (χ4n) is 4.59. The quantitative estimate of drug-likeness (QED) is 0.179. The van der Waals surface area contributed by atoms with Gasteiger partial charge in [0.05, 0.1) is 19.6 Å². The molecule has 1 amide bonds. The van der Waals surface area contributed by atoms with Gasteiger partial charge >= 0.3 is 5.97 Å². The number of carbonyl (C=O) groups is 2. The van der Waals surface area contributed by atoms with Crippen LogP contribution in [0.5, 0.6) is 23.0 Å². The predicted octanol–water partition coefficient (Wildman–Crippen LogP) is 8.15. The molecular formula is C36H34N2O5. The lowest BCUT2D eigenvalue weighted by Crippen LogP contribution is -2.31. The van der Waals surface area contributed by atoms with E-state index in [0.29, 0.717) is 17.2 Å². The minimum absolute atomic E-state index is 0.0356. The number of carbonyl (C=O) groups excluding carboxylic acids is 2. The van der Waals surface area contributed by atoms with Gasteiger partial charge in [0.1, 0.15) is 28.7 Å². The topological polar surface area (TPSA) is 86.8 Å². The van der Waals surface area contributed by atoms with Crippen LogP contribution < -0.4 is 14.8 Å². The Labute approximate surface area is 251 Å². The van der Waals surface area contributed by atoms with Gasteiger partial charge in [0.2, 0.25) is 0 Å². The molecule has 218 valence electrons. The minimum atomic E-state index is -0.622. The van der Waals surface area contributed by atoms with E-state index >= 15 is 0 Å². The number of para-hydroxylation sites is 1. The molecule has 0 saturated carbocycles. The number of fused-ring (bicyclic) bond motifs is 1. The molecule has 5 aromatic rings. The maximum atomic E-state index is 13.3. The van der Waals surface area contributed by atoms with Crippen LogP contribution in [0.2, 0.25) is 0 Å². The summed E-state index contributed by atoms with van der Waals surface area (Å²) in [4.78, 5) is 29.9. The molecule has 0 bridgehead atoms. The number of amides is 1. The van der Waals surface area contributed by atoms with Crippen molar-refractivity contribution < 1.29 is 23.8 Å². The molecule has 0 aliphatic heterocycles. The van der Waals surface area contributed by atoms with E-state index < -0.39 is 17.9 Å². The average molecular weight is 575 g/mol. The van der Waals surface area contributed by atoms with Crippen molar-refractivity contribution in [2.45, 2.75) is 38.6 Å². The number of benzene rings is 4. The lowest BCUT2D eigenvalue weighted by Gasteiger charge is -2.19. The van der Waals surface area contributed by atoms with Crippen LogP contribution in [0.4, 0.5) is 0 Å². The van der Waals surface area contributed by atoms with Gasteiger partial charge in [0.15, 0.2) is 0 Å². The Balaban J connectivity index is 1.29. The summed E-state index contributed by atoms with van der Waals surface area (Å²) in [6.45, 7) is 6.52. The van der Waals surface area contributed by atoms with Gasteiger partial charge in [-0.1, -0.05) is 69.3 Å². The number of aromatic nitrogens is 1. The second kappa shape index (κ2) is 12.8. The van der Waals surface area contributed by atoms with Crippen molar-refractivity contribution in [3.05, 3.63) is 126 Å². The van der Waals surface area contributed by atoms with Crippen LogP contribution in [0.1, 0.15) is 54.8 Å². The summed E-state index contributed by atoms with van der Waals surface area (Å²) < 4.78 is 16.8. The van der Waals surface area contributed by atoms with Crippen LogP contribution in [0.3, 0.4) is 0 Å². The van der Waals surface area contributed by atoms with Crippen molar-refractivity contribution in [3.8, 4) is 23.0 Å². The Hall–Kier alpha value is -5.17. The van der Waals surface area contributed by atoms with E-state index in [1.807, 2.05) is 72.8 Å². The molecule has 5 rings (SSSR count). The van der Waals surface area contributed by atoms with Gasteiger partial charge in [-0.15, -0.1) is 0 Å². The number of hydrogen-bond acceptors (Lipinski definition) is 6. The molecular weight excluding hydrogens is 540 g/mol. The summed E-state index contributed by atoms with van der Waals surface area (Å²) >= 11 is 0. The highest BCUT2D eigenvalue weighted by molar-refractivity contribution is 5.97. The number of nitrogens with one attached hydrogen (secondary N) is 1. The van der Waals surface area contributed by atoms with Gasteiger partial charge in [-0.3, -0.25) is 14.6 Å². The van der Waals surface area contributed by atoms with Crippen LogP contribution in [0.15, 0.2) is 109 Å². The zero-order chi connectivity index (χ0) is 30.4. The van der Waals surface area contributed by atoms with E-state index in [4.69, 9.17) is 14.2 Å². The smallest absolute Gasteiger partial charge is 0.307 e. The average Bonchev–Trinajstić information content (AvgIpc) is 3.01. The fraction of sp³-hybridized carbons (Fsp3) is 0.194. The third-order valence-electron chi connectivity index (χ3n) is 7.05. The number of methoxy groups -OCH3 is 1. The van der Waals surface area contributed by atoms with Crippen molar-refractivity contribution in [2.75, 3.05) is 7.11 Å². The highest BCUT2D eigenvalue weighted by Gasteiger charge is 2.21. The molecule has 43 heavy (non-hydrogen) atoms. The second-order valence-electron chi connectivity index (χ2n) is 11.2. The van der Waals surface area contributed by atoms with Crippen LogP contribution in [0, 0.1) is 0 Å². The normalized spacial score (nSPS) is 11.9. The Morgan fingerprint density at radius 3 is 2.00 bits per heavy atom. The van der Waals surface area contributed by atoms with E-state index in [-0.39, 0.29) is 17.5 Å². The highest BCUT2D eigenvalue weighted by Crippen LogP contribution is 2.29. The highest BCUT2D eigenvalue weighted by atomic mass is 16.5. The first kappa shape index (κ1) is 29.3. The summed E-state index contributed by atoms with van der Waals surface area (Å²) in [5, 5.41) is 4.61. The standard InChI is InChI=1S/C36H34N2O5/c1-36(2,3)27-13-18-30(19-14-27)43-31-17-12-25-21-33(37-23-26(25)20-31)35(40)38-32(22-34(39)41-4)24-10-15-29(16-11-24)42-28-8-6-5-7-9-28/h5-21,23,32H,22H2,1-4H3,(H,38,40). The van der Waals surface area contributed by atoms with Gasteiger partial charge in [-0.05, 0) is 76.5 Å². The van der Waals surface area contributed by atoms with Gasteiger partial charge in [0.25, 0.3) is 5.91 Å². The lowest BCUT2D eigenvalue weighted by molar-refractivity contribution is -0.141. The van der Waals surface area contributed by atoms with Gasteiger partial charge in [-0.2, -0.15) is 0 Å². The maximum Gasteiger partial charge on any atom is 0.307 e. The Morgan fingerprint density at radius 2 is 1.35 bits per heavy atom. The number of esters is 1. The molecule has 1 N–H and O–H groups in total. The molecule has 0 fully saturated rings. The largest absolute Gasteiger partial charge is 0.469 e. The Kier molecular flexibility index (Phi) is 8.71. The number of pyridine rings is 1. The second-order valence-corrected chi connectivity index (χ2v) is 11.2. The SMILES string of the molecule is COC(=O)CC(NC(=O)c1cc2ccc(Oc3ccc(C(C)(C)C)cc3)cc2cn1)c1ccc(Oc2ccccc2)cc1. The van der Waals surface area contributed by atoms with Crippen molar-refractivity contribution in [1.29, 1.82) is 0 Å². The van der Waals surface area contributed by atoms with E-state index in [1.54, 1.807) is 24.4 Å². The Morgan fingerprint density at radius 1 is 0.744 bits per heavy atom. The zero-order valence-electron chi connectivity index (χ0n) is 24.7. The number of rotatable bonds is 9. The molecule has 1 aromatic heterocycles. The minimum Gasteiger partial charge on any atom is -0.469 e. The molecule has 1 atom stereocenters. The zero-order valence-corrected chi connectivity index (χ0v) is 24.7. The summed E-state index contributed by atoms with van der Waals surface area (Å²) in [5.74, 6) is 1.92. The monoisotopic (exact) mass is 574 g/mol. The molecule has 0 aliphatic carbocycles. The summed E-state index contributed by atoms with van der Waals surface area (Å²) in [6, 6.07) is 31.5. The fourth-order valence-corrected chi connectivity index (χ4v) is 4.59. The lowest BCUT2D eigenvalue weighted by atomic mass is 9.87. The predicted molar refractivity (Wildman–Crippen MR) is 167 cm³/mol. The summed E-state index contributed by atoms with van der Waals surface area (Å²) in [5.41, 5.74) is 2.27. The molecule has 0 spiro atoms. The number of nitrogens with zero attached hydrogens (tertiary/aromatic N) is 1. The molecule has 0 saturated heterocycles. The first-order valence-electron chi connectivity index (χ1n) is 14.1. The van der Waals surface area contributed by atoms with Crippen molar-refractivity contribution in [3.63, 3.8) is 0 Å². The molecule has 7 nitrogen and oxygen atoms in total. The third-order valence-corrected chi connectivity index (χ3v) is 7.05. The number of hydrogen-bond donors (Lipinski definition) is 1. The Bertz CT molecular complexity index is 1710. The first-order valence-corrected chi connectivity index (χ1v) is 14.1. The van der Waals surface area contributed by atoms with Crippen LogP contribution in [-0.2, 0) is 14.9 Å². The van der Waals surface area contributed by atoms with E-state index in [1.165, 1.54) is 12.7 Å². The summed E-state index contributed by atoms with van der Waals surface area (Å²) in [7, 11) is 1.32.